The Hall–Kier alpha value is -2.58. The van der Waals surface area contributed by atoms with E-state index in [1.807, 2.05) is 0 Å². The van der Waals surface area contributed by atoms with E-state index in [-0.39, 0.29) is 21.2 Å². The number of pyridine rings is 1. The number of halogens is 1. The van der Waals surface area contributed by atoms with Crippen LogP contribution < -0.4 is 0 Å². The van der Waals surface area contributed by atoms with Gasteiger partial charge in [-0.3, -0.25) is 4.98 Å². The molecule has 4 rings (SSSR count). The topological polar surface area (TPSA) is 90.6 Å². The molecular formula is C14H8ClN5O2S. The lowest BCUT2D eigenvalue weighted by molar-refractivity contribution is 0.589. The number of hydrogen-bond acceptors (Lipinski definition) is 6. The third-order valence-corrected chi connectivity index (χ3v) is 5.34. The van der Waals surface area contributed by atoms with Crippen molar-refractivity contribution in [1.29, 1.82) is 0 Å². The Kier molecular flexibility index (Phi) is 3.03. The minimum absolute atomic E-state index is 0.0737. The first kappa shape index (κ1) is 14.0. The molecule has 9 heteroatoms. The van der Waals surface area contributed by atoms with Crippen molar-refractivity contribution in [3.8, 4) is 0 Å². The zero-order chi connectivity index (χ0) is 16.0. The highest BCUT2D eigenvalue weighted by Crippen LogP contribution is 2.26. The summed E-state index contributed by atoms with van der Waals surface area (Å²) in [5.74, 6) is 0. The van der Waals surface area contributed by atoms with Crippen LogP contribution in [0.15, 0.2) is 54.1 Å². The molecule has 0 saturated carbocycles. The molecule has 0 unspecified atom stereocenters. The Morgan fingerprint density at radius 2 is 1.78 bits per heavy atom. The molecule has 7 nitrogen and oxygen atoms in total. The highest BCUT2D eigenvalue weighted by molar-refractivity contribution is 7.90. The third kappa shape index (κ3) is 2.07. The minimum atomic E-state index is -3.92. The Bertz CT molecular complexity index is 1150. The first-order valence-corrected chi connectivity index (χ1v) is 8.34. The summed E-state index contributed by atoms with van der Waals surface area (Å²) >= 11 is 5.93. The van der Waals surface area contributed by atoms with E-state index in [4.69, 9.17) is 11.6 Å². The molecule has 0 aliphatic rings. The summed E-state index contributed by atoms with van der Waals surface area (Å²) < 4.78 is 27.0. The molecule has 0 radical (unpaired) electrons. The van der Waals surface area contributed by atoms with E-state index in [1.165, 1.54) is 18.7 Å². The van der Waals surface area contributed by atoms with Crippen LogP contribution in [0.2, 0.25) is 5.15 Å². The number of fused-ring (bicyclic) bond motifs is 2. The highest BCUT2D eigenvalue weighted by Gasteiger charge is 2.24. The van der Waals surface area contributed by atoms with Crippen molar-refractivity contribution in [3.63, 3.8) is 0 Å². The van der Waals surface area contributed by atoms with Crippen molar-refractivity contribution in [2.24, 2.45) is 0 Å². The van der Waals surface area contributed by atoms with Gasteiger partial charge in [-0.15, -0.1) is 0 Å². The smallest absolute Gasteiger partial charge is 0.255 e. The molecule has 23 heavy (non-hydrogen) atoms. The number of benzene rings is 1. The van der Waals surface area contributed by atoms with Gasteiger partial charge in [0.15, 0.2) is 10.8 Å². The standard InChI is InChI=1S/C14H8ClN5O2S/c15-13-12-14(18-7-17-13)20(8-19-12)23(21,22)10-5-1-3-9-4-2-6-16-11(9)10/h1-8H. The van der Waals surface area contributed by atoms with Gasteiger partial charge < -0.3 is 0 Å². The van der Waals surface area contributed by atoms with Gasteiger partial charge in [-0.2, -0.15) is 0 Å². The van der Waals surface area contributed by atoms with Gasteiger partial charge in [0.2, 0.25) is 0 Å². The molecule has 1 aromatic carbocycles. The van der Waals surface area contributed by atoms with Crippen LogP contribution >= 0.6 is 11.6 Å². The Balaban J connectivity index is 2.05. The van der Waals surface area contributed by atoms with Gasteiger partial charge in [0.05, 0.1) is 5.52 Å². The second-order valence-electron chi connectivity index (χ2n) is 4.71. The minimum Gasteiger partial charge on any atom is -0.255 e. The van der Waals surface area contributed by atoms with Crippen molar-refractivity contribution in [1.82, 2.24) is 23.9 Å². The molecular weight excluding hydrogens is 338 g/mol. The van der Waals surface area contributed by atoms with E-state index < -0.39 is 10.0 Å². The van der Waals surface area contributed by atoms with Gasteiger partial charge in [-0.1, -0.05) is 29.8 Å². The fraction of sp³-hybridized carbons (Fsp3) is 0. The number of rotatable bonds is 2. The van der Waals surface area contributed by atoms with Crippen LogP contribution in [0.4, 0.5) is 0 Å². The molecule has 0 saturated heterocycles. The normalized spacial score (nSPS) is 12.0. The summed E-state index contributed by atoms with van der Waals surface area (Å²) in [4.78, 5) is 16.0. The van der Waals surface area contributed by atoms with E-state index in [0.29, 0.717) is 5.52 Å². The lowest BCUT2D eigenvalue weighted by Crippen LogP contribution is -2.13. The van der Waals surface area contributed by atoms with Crippen molar-refractivity contribution in [2.75, 3.05) is 0 Å². The molecule has 3 heterocycles. The van der Waals surface area contributed by atoms with Gasteiger partial charge in [0.25, 0.3) is 10.0 Å². The van der Waals surface area contributed by atoms with E-state index in [1.54, 1.807) is 30.5 Å². The number of para-hydroxylation sites is 1. The van der Waals surface area contributed by atoms with Crippen LogP contribution in [-0.4, -0.2) is 32.3 Å². The summed E-state index contributed by atoms with van der Waals surface area (Å²) in [6.07, 6.45) is 3.91. The van der Waals surface area contributed by atoms with E-state index in [2.05, 4.69) is 19.9 Å². The van der Waals surface area contributed by atoms with Gasteiger partial charge in [-0.05, 0) is 12.1 Å². The summed E-state index contributed by atoms with van der Waals surface area (Å²) in [5.41, 5.74) is 0.737. The summed E-state index contributed by atoms with van der Waals surface area (Å²) in [6, 6.07) is 8.51. The molecule has 0 bridgehead atoms. The predicted molar refractivity (Wildman–Crippen MR) is 84.7 cm³/mol. The fourth-order valence-corrected chi connectivity index (χ4v) is 3.94. The predicted octanol–water partition coefficient (Wildman–Crippen LogP) is 2.26. The molecule has 0 N–H and O–H groups in total. The second kappa shape index (κ2) is 4.97. The SMILES string of the molecule is O=S(=O)(c1cccc2cccnc12)n1cnc2c(Cl)ncnc21. The summed E-state index contributed by atoms with van der Waals surface area (Å²) in [7, 11) is -3.92. The Morgan fingerprint density at radius 3 is 2.65 bits per heavy atom. The quantitative estimate of drug-likeness (QED) is 0.517. The lowest BCUT2D eigenvalue weighted by Gasteiger charge is -2.08. The first-order valence-electron chi connectivity index (χ1n) is 6.52. The van der Waals surface area contributed by atoms with Crippen LogP contribution in [0, 0.1) is 0 Å². The van der Waals surface area contributed by atoms with Crippen molar-refractivity contribution in [2.45, 2.75) is 4.90 Å². The number of hydrogen-bond donors (Lipinski definition) is 0. The summed E-state index contributed by atoms with van der Waals surface area (Å²) in [6.45, 7) is 0. The summed E-state index contributed by atoms with van der Waals surface area (Å²) in [5, 5.41) is 0.825. The second-order valence-corrected chi connectivity index (χ2v) is 6.85. The van der Waals surface area contributed by atoms with Gasteiger partial charge in [0.1, 0.15) is 23.1 Å². The van der Waals surface area contributed by atoms with Crippen LogP contribution in [0.25, 0.3) is 22.1 Å². The van der Waals surface area contributed by atoms with Crippen LogP contribution in [0.1, 0.15) is 0 Å². The molecule has 0 atom stereocenters. The van der Waals surface area contributed by atoms with Gasteiger partial charge in [-0.25, -0.2) is 27.3 Å². The van der Waals surface area contributed by atoms with Crippen LogP contribution in [0.3, 0.4) is 0 Å². The first-order chi connectivity index (χ1) is 11.1. The van der Waals surface area contributed by atoms with Gasteiger partial charge in [0, 0.05) is 11.6 Å². The fourth-order valence-electron chi connectivity index (χ4n) is 2.35. The monoisotopic (exact) mass is 345 g/mol. The maximum absolute atomic E-state index is 13.0. The molecule has 114 valence electrons. The molecule has 3 aromatic heterocycles. The van der Waals surface area contributed by atoms with Crippen molar-refractivity contribution in [3.05, 3.63) is 54.3 Å². The molecule has 0 fully saturated rings. The maximum Gasteiger partial charge on any atom is 0.272 e. The van der Waals surface area contributed by atoms with E-state index in [0.717, 1.165) is 9.36 Å². The molecule has 4 aromatic rings. The van der Waals surface area contributed by atoms with Crippen molar-refractivity contribution < 1.29 is 8.42 Å². The van der Waals surface area contributed by atoms with Crippen molar-refractivity contribution >= 4 is 43.7 Å². The largest absolute Gasteiger partial charge is 0.272 e. The Morgan fingerprint density at radius 1 is 0.957 bits per heavy atom. The van der Waals surface area contributed by atoms with E-state index >= 15 is 0 Å². The lowest BCUT2D eigenvalue weighted by atomic mass is 10.2. The number of aromatic nitrogens is 5. The average Bonchev–Trinajstić information content (AvgIpc) is 3.00. The van der Waals surface area contributed by atoms with Crippen LogP contribution in [0.5, 0.6) is 0 Å². The average molecular weight is 346 g/mol. The van der Waals surface area contributed by atoms with E-state index in [9.17, 15) is 8.42 Å². The zero-order valence-electron chi connectivity index (χ0n) is 11.5. The van der Waals surface area contributed by atoms with Gasteiger partial charge >= 0.3 is 0 Å². The zero-order valence-corrected chi connectivity index (χ0v) is 13.0. The molecule has 0 spiro atoms. The molecule has 0 aliphatic carbocycles. The molecule has 0 aliphatic heterocycles. The van der Waals surface area contributed by atoms with Crippen LogP contribution in [-0.2, 0) is 10.0 Å². The number of nitrogens with zero attached hydrogens (tertiary/aromatic N) is 5. The molecule has 0 amide bonds. The maximum atomic E-state index is 13.0. The third-order valence-electron chi connectivity index (χ3n) is 3.39. The number of imidazole rings is 1. The Labute approximate surface area is 135 Å². The highest BCUT2D eigenvalue weighted by atomic mass is 35.5.